The summed E-state index contributed by atoms with van der Waals surface area (Å²) in [5.74, 6) is -1.23. The maximum Gasteiger partial charge on any atom is 0.267 e. The minimum atomic E-state index is -0.616. The first-order chi connectivity index (χ1) is 10.3. The van der Waals surface area contributed by atoms with E-state index in [1.165, 1.54) is 0 Å². The zero-order chi connectivity index (χ0) is 16.2. The lowest BCUT2D eigenvalue weighted by molar-refractivity contribution is 0.0926. The van der Waals surface area contributed by atoms with Crippen LogP contribution in [0.5, 0.6) is 0 Å². The zero-order valence-corrected chi connectivity index (χ0v) is 13.7. The molecule has 0 saturated carbocycles. The summed E-state index contributed by atoms with van der Waals surface area (Å²) in [6.07, 6.45) is 0. The van der Waals surface area contributed by atoms with Crippen molar-refractivity contribution in [2.24, 2.45) is 0 Å². The zero-order valence-electron chi connectivity index (χ0n) is 10.7. The van der Waals surface area contributed by atoms with Gasteiger partial charge in [0.05, 0.1) is 36.9 Å². The van der Waals surface area contributed by atoms with E-state index in [1.54, 1.807) is 24.3 Å². The molecule has 0 radical (unpaired) electrons. The number of carbonyl (C=O) groups is 2. The summed E-state index contributed by atoms with van der Waals surface area (Å²) in [5, 5.41) is -0.315. The first kappa shape index (κ1) is 15.4. The van der Waals surface area contributed by atoms with Gasteiger partial charge in [0.1, 0.15) is 0 Å². The van der Waals surface area contributed by atoms with Gasteiger partial charge >= 0.3 is 0 Å². The highest BCUT2D eigenvalue weighted by Crippen LogP contribution is 2.45. The third-order valence-corrected chi connectivity index (χ3v) is 5.05. The Balaban J connectivity index is 2.23. The minimum Gasteiger partial charge on any atom is -0.399 e. The molecule has 112 valence electrons. The molecule has 0 bridgehead atoms. The van der Waals surface area contributed by atoms with Crippen molar-refractivity contribution in [1.29, 1.82) is 0 Å². The molecule has 3 rings (SSSR count). The average molecular weight is 376 g/mol. The van der Waals surface area contributed by atoms with Gasteiger partial charge in [-0.25, -0.2) is 4.90 Å². The van der Waals surface area contributed by atoms with Crippen molar-refractivity contribution in [2.45, 2.75) is 0 Å². The fourth-order valence-electron chi connectivity index (χ4n) is 2.21. The summed E-state index contributed by atoms with van der Waals surface area (Å²) in [6.45, 7) is 0. The summed E-state index contributed by atoms with van der Waals surface area (Å²) >= 11 is 24.0. The normalized spacial score (nSPS) is 13.7. The van der Waals surface area contributed by atoms with E-state index in [0.717, 1.165) is 4.90 Å². The smallest absolute Gasteiger partial charge is 0.267 e. The predicted molar refractivity (Wildman–Crippen MR) is 88.5 cm³/mol. The second-order valence-electron chi connectivity index (χ2n) is 4.54. The van der Waals surface area contributed by atoms with Gasteiger partial charge in [0, 0.05) is 5.69 Å². The van der Waals surface area contributed by atoms with Crippen molar-refractivity contribution in [3.05, 3.63) is 55.5 Å². The molecule has 4 nitrogen and oxygen atoms in total. The van der Waals surface area contributed by atoms with Crippen LogP contribution in [0.2, 0.25) is 20.1 Å². The van der Waals surface area contributed by atoms with Crippen molar-refractivity contribution in [1.82, 2.24) is 0 Å². The van der Waals surface area contributed by atoms with Crippen LogP contribution in [-0.4, -0.2) is 11.8 Å². The number of nitrogens with two attached hydrogens (primary N) is 1. The topological polar surface area (TPSA) is 63.4 Å². The summed E-state index contributed by atoms with van der Waals surface area (Å²) < 4.78 is 0. The van der Waals surface area contributed by atoms with Crippen molar-refractivity contribution in [2.75, 3.05) is 10.6 Å². The molecule has 0 spiro atoms. The number of amides is 2. The molecular weight excluding hydrogens is 370 g/mol. The van der Waals surface area contributed by atoms with Crippen LogP contribution in [0, 0.1) is 0 Å². The highest BCUT2D eigenvalue weighted by molar-refractivity contribution is 6.56. The standard InChI is InChI=1S/C14H6Cl4N2O2/c15-9-7-8(10(16)12(18)11(9)17)14(22)20(13(7)21)6-3-1-5(19)2-4-6/h1-4H,19H2. The third kappa shape index (κ3) is 2.07. The molecule has 22 heavy (non-hydrogen) atoms. The van der Waals surface area contributed by atoms with Crippen molar-refractivity contribution < 1.29 is 9.59 Å². The lowest BCUT2D eigenvalue weighted by Crippen LogP contribution is -2.29. The molecule has 1 aliphatic rings. The molecule has 2 aromatic rings. The highest BCUT2D eigenvalue weighted by Gasteiger charge is 2.42. The summed E-state index contributed by atoms with van der Waals surface area (Å²) in [4.78, 5) is 26.1. The Morgan fingerprint density at radius 3 is 1.55 bits per heavy atom. The monoisotopic (exact) mass is 374 g/mol. The van der Waals surface area contributed by atoms with E-state index in [4.69, 9.17) is 52.1 Å². The number of imide groups is 1. The molecule has 2 aromatic carbocycles. The quantitative estimate of drug-likeness (QED) is 0.340. The van der Waals surface area contributed by atoms with Gasteiger partial charge in [-0.1, -0.05) is 46.4 Å². The number of halogens is 4. The van der Waals surface area contributed by atoms with E-state index in [2.05, 4.69) is 0 Å². The van der Waals surface area contributed by atoms with Gasteiger partial charge in [-0.2, -0.15) is 0 Å². The molecular formula is C14H6Cl4N2O2. The van der Waals surface area contributed by atoms with Crippen LogP contribution in [0.15, 0.2) is 24.3 Å². The number of rotatable bonds is 1. The molecule has 2 N–H and O–H groups in total. The van der Waals surface area contributed by atoms with Crippen LogP contribution in [0.1, 0.15) is 20.7 Å². The number of nitrogens with zero attached hydrogens (tertiary/aromatic N) is 1. The number of anilines is 2. The van der Waals surface area contributed by atoms with Crippen LogP contribution >= 0.6 is 46.4 Å². The highest BCUT2D eigenvalue weighted by atomic mass is 35.5. The lowest BCUT2D eigenvalue weighted by Gasteiger charge is -2.13. The minimum absolute atomic E-state index is 0.0529. The Bertz CT molecular complexity index is 787. The van der Waals surface area contributed by atoms with Gasteiger partial charge in [-0.15, -0.1) is 0 Å². The van der Waals surface area contributed by atoms with Crippen LogP contribution in [-0.2, 0) is 0 Å². The Morgan fingerprint density at radius 1 is 0.727 bits per heavy atom. The summed E-state index contributed by atoms with van der Waals surface area (Å²) in [7, 11) is 0. The van der Waals surface area contributed by atoms with E-state index < -0.39 is 11.8 Å². The predicted octanol–water partition coefficient (Wildman–Crippen LogP) is 4.68. The second kappa shape index (κ2) is 5.32. The number of hydrogen-bond acceptors (Lipinski definition) is 3. The van der Waals surface area contributed by atoms with Gasteiger partial charge in [-0.3, -0.25) is 9.59 Å². The third-order valence-electron chi connectivity index (χ3n) is 3.25. The second-order valence-corrected chi connectivity index (χ2v) is 6.06. The van der Waals surface area contributed by atoms with Gasteiger partial charge in [0.25, 0.3) is 11.8 Å². The first-order valence-electron chi connectivity index (χ1n) is 5.95. The summed E-state index contributed by atoms with van der Waals surface area (Å²) in [5.41, 5.74) is 6.34. The Labute approximate surface area is 145 Å². The van der Waals surface area contributed by atoms with Crippen molar-refractivity contribution in [3.63, 3.8) is 0 Å². The Morgan fingerprint density at radius 2 is 1.14 bits per heavy atom. The number of fused-ring (bicyclic) bond motifs is 1. The number of hydrogen-bond donors (Lipinski definition) is 1. The first-order valence-corrected chi connectivity index (χ1v) is 7.46. The van der Waals surface area contributed by atoms with E-state index >= 15 is 0 Å². The SMILES string of the molecule is Nc1ccc(N2C(=O)c3c(Cl)c(Cl)c(Cl)c(Cl)c3C2=O)cc1. The van der Waals surface area contributed by atoms with E-state index in [9.17, 15) is 9.59 Å². The maximum atomic E-state index is 12.6. The Hall–Kier alpha value is -1.46. The molecule has 2 amide bonds. The van der Waals surface area contributed by atoms with Gasteiger partial charge in [-0.05, 0) is 24.3 Å². The molecule has 0 saturated heterocycles. The fourth-order valence-corrected chi connectivity index (χ4v) is 3.22. The number of benzene rings is 2. The van der Waals surface area contributed by atoms with E-state index in [0.29, 0.717) is 11.4 Å². The van der Waals surface area contributed by atoms with Gasteiger partial charge < -0.3 is 5.73 Å². The largest absolute Gasteiger partial charge is 0.399 e. The van der Waals surface area contributed by atoms with Crippen LogP contribution in [0.4, 0.5) is 11.4 Å². The van der Waals surface area contributed by atoms with Crippen LogP contribution in [0.25, 0.3) is 0 Å². The number of carbonyl (C=O) groups excluding carboxylic acids is 2. The molecule has 1 heterocycles. The van der Waals surface area contributed by atoms with Crippen LogP contribution < -0.4 is 10.6 Å². The van der Waals surface area contributed by atoms with Crippen LogP contribution in [0.3, 0.4) is 0 Å². The molecule has 0 unspecified atom stereocenters. The average Bonchev–Trinajstić information content (AvgIpc) is 2.75. The van der Waals surface area contributed by atoms with Gasteiger partial charge in [0.15, 0.2) is 0 Å². The lowest BCUT2D eigenvalue weighted by atomic mass is 10.1. The van der Waals surface area contributed by atoms with Crippen molar-refractivity contribution >= 4 is 69.6 Å². The fraction of sp³-hybridized carbons (Fsp3) is 0. The molecule has 1 aliphatic heterocycles. The molecule has 0 fully saturated rings. The molecule has 0 aromatic heterocycles. The van der Waals surface area contributed by atoms with E-state index in [1.807, 2.05) is 0 Å². The molecule has 0 atom stereocenters. The van der Waals surface area contributed by atoms with Gasteiger partial charge in [0.2, 0.25) is 0 Å². The number of nitrogen functional groups attached to an aromatic ring is 1. The Kier molecular flexibility index (Phi) is 3.73. The van der Waals surface area contributed by atoms with Crippen molar-refractivity contribution in [3.8, 4) is 0 Å². The molecule has 0 aliphatic carbocycles. The maximum absolute atomic E-state index is 12.6. The van der Waals surface area contributed by atoms with E-state index in [-0.39, 0.29) is 31.2 Å². The molecule has 8 heteroatoms. The summed E-state index contributed by atoms with van der Waals surface area (Å²) in [6, 6.07) is 6.23.